The lowest BCUT2D eigenvalue weighted by molar-refractivity contribution is -0.137. The van der Waals surface area contributed by atoms with E-state index >= 15 is 0 Å². The lowest BCUT2D eigenvalue weighted by Crippen LogP contribution is -2.43. The Labute approximate surface area is 145 Å². The monoisotopic (exact) mass is 352 g/mol. The molecule has 0 radical (unpaired) electrons. The fourth-order valence-corrected chi connectivity index (χ4v) is 3.12. The minimum absolute atomic E-state index is 0.0234. The first-order valence-electron chi connectivity index (χ1n) is 7.92. The lowest BCUT2D eigenvalue weighted by Gasteiger charge is -2.28. The number of aliphatic carboxylic acids is 1. The summed E-state index contributed by atoms with van der Waals surface area (Å²) in [5.74, 6) is -1.12. The molecule has 24 heavy (non-hydrogen) atoms. The molecule has 1 aliphatic heterocycles. The highest BCUT2D eigenvalue weighted by Gasteiger charge is 2.37. The van der Waals surface area contributed by atoms with Crippen molar-refractivity contribution in [3.63, 3.8) is 0 Å². The molecule has 0 bridgehead atoms. The van der Waals surface area contributed by atoms with Crippen LogP contribution in [-0.2, 0) is 20.9 Å². The van der Waals surface area contributed by atoms with Crippen molar-refractivity contribution in [2.75, 3.05) is 0 Å². The second kappa shape index (κ2) is 8.15. The normalized spacial score (nSPS) is 19.8. The second-order valence-electron chi connectivity index (χ2n) is 6.13. The third-order valence-corrected chi connectivity index (χ3v) is 4.50. The molecular weight excluding hydrogens is 332 g/mol. The summed E-state index contributed by atoms with van der Waals surface area (Å²) < 4.78 is 0. The van der Waals surface area contributed by atoms with E-state index in [-0.39, 0.29) is 24.7 Å². The van der Waals surface area contributed by atoms with Crippen LogP contribution in [0.4, 0.5) is 0 Å². The van der Waals surface area contributed by atoms with Gasteiger partial charge in [0.2, 0.25) is 11.8 Å². The van der Waals surface area contributed by atoms with Crippen LogP contribution >= 0.6 is 11.6 Å². The van der Waals surface area contributed by atoms with E-state index in [1.165, 1.54) is 0 Å². The largest absolute Gasteiger partial charge is 0.481 e. The van der Waals surface area contributed by atoms with Gasteiger partial charge in [0, 0.05) is 36.4 Å². The van der Waals surface area contributed by atoms with Gasteiger partial charge in [0.05, 0.1) is 0 Å². The van der Waals surface area contributed by atoms with Gasteiger partial charge in [-0.1, -0.05) is 23.7 Å². The van der Waals surface area contributed by atoms with Crippen LogP contribution in [0.1, 0.15) is 44.1 Å². The first-order chi connectivity index (χ1) is 11.4. The third-order valence-electron chi connectivity index (χ3n) is 4.26. The maximum Gasteiger partial charge on any atom is 0.303 e. The van der Waals surface area contributed by atoms with Crippen LogP contribution < -0.4 is 10.6 Å². The van der Waals surface area contributed by atoms with Crippen molar-refractivity contribution >= 4 is 29.4 Å². The Bertz CT molecular complexity index is 635. The number of hydrogen-bond acceptors (Lipinski definition) is 3. The number of rotatable bonds is 8. The van der Waals surface area contributed by atoms with Gasteiger partial charge in [-0.05, 0) is 37.0 Å². The summed E-state index contributed by atoms with van der Waals surface area (Å²) in [7, 11) is 0. The highest BCUT2D eigenvalue weighted by Crippen LogP contribution is 2.30. The summed E-state index contributed by atoms with van der Waals surface area (Å²) >= 11 is 5.90. The van der Waals surface area contributed by atoms with Gasteiger partial charge in [-0.15, -0.1) is 0 Å². The molecule has 1 aromatic carbocycles. The first kappa shape index (κ1) is 18.3. The van der Waals surface area contributed by atoms with E-state index in [9.17, 15) is 14.4 Å². The van der Waals surface area contributed by atoms with Gasteiger partial charge in [0.25, 0.3) is 0 Å². The van der Waals surface area contributed by atoms with Gasteiger partial charge in [0.1, 0.15) is 0 Å². The number of amides is 2. The van der Waals surface area contributed by atoms with E-state index in [1.807, 2.05) is 12.1 Å². The van der Waals surface area contributed by atoms with E-state index in [4.69, 9.17) is 16.7 Å². The topological polar surface area (TPSA) is 95.5 Å². The highest BCUT2D eigenvalue weighted by molar-refractivity contribution is 6.30. The number of carbonyl (C=O) groups excluding carboxylic acids is 2. The summed E-state index contributed by atoms with van der Waals surface area (Å²) in [5.41, 5.74) is 0.327. The molecule has 0 aromatic heterocycles. The van der Waals surface area contributed by atoms with E-state index < -0.39 is 11.5 Å². The summed E-state index contributed by atoms with van der Waals surface area (Å²) in [4.78, 5) is 34.4. The molecule has 1 atom stereocenters. The number of halogens is 1. The molecule has 0 saturated carbocycles. The maximum absolute atomic E-state index is 12.0. The SMILES string of the molecule is O=C(O)CC[C@]1(CCC(=O)NCc2cccc(Cl)c2)CCC(=O)N1. The average Bonchev–Trinajstić information content (AvgIpc) is 2.91. The predicted molar refractivity (Wildman–Crippen MR) is 89.5 cm³/mol. The average molecular weight is 353 g/mol. The number of benzene rings is 1. The molecule has 6 nitrogen and oxygen atoms in total. The standard InChI is InChI=1S/C17H21ClN2O4/c18-13-3-1-2-12(10-13)11-19-14(21)4-7-17(9-6-16(23)24)8-5-15(22)20-17/h1-3,10H,4-9,11H2,(H,19,21)(H,20,22)(H,23,24)/t17-/m0/s1. The Balaban J connectivity index is 1.83. The summed E-state index contributed by atoms with van der Waals surface area (Å²) in [6.07, 6.45) is 1.94. The van der Waals surface area contributed by atoms with Crippen molar-refractivity contribution in [3.8, 4) is 0 Å². The zero-order valence-electron chi connectivity index (χ0n) is 13.3. The summed E-state index contributed by atoms with van der Waals surface area (Å²) in [5, 5.41) is 15.2. The molecule has 3 N–H and O–H groups in total. The Kier molecular flexibility index (Phi) is 6.20. The summed E-state index contributed by atoms with van der Waals surface area (Å²) in [6, 6.07) is 7.24. The number of carbonyl (C=O) groups is 3. The molecule has 2 amide bonds. The fraction of sp³-hybridized carbons (Fsp3) is 0.471. The second-order valence-corrected chi connectivity index (χ2v) is 6.57. The van der Waals surface area contributed by atoms with E-state index in [0.717, 1.165) is 5.56 Å². The minimum atomic E-state index is -0.902. The van der Waals surface area contributed by atoms with Crippen LogP contribution in [0.5, 0.6) is 0 Å². The molecule has 0 unspecified atom stereocenters. The molecule has 2 rings (SSSR count). The Hall–Kier alpha value is -2.08. The molecule has 7 heteroatoms. The van der Waals surface area contributed by atoms with Crippen molar-refractivity contribution < 1.29 is 19.5 Å². The van der Waals surface area contributed by atoms with Crippen LogP contribution in [0, 0.1) is 0 Å². The van der Waals surface area contributed by atoms with Gasteiger partial charge >= 0.3 is 5.97 Å². The third kappa shape index (κ3) is 5.53. The van der Waals surface area contributed by atoms with Crippen molar-refractivity contribution in [1.82, 2.24) is 10.6 Å². The number of carboxylic acid groups (broad SMARTS) is 1. The smallest absolute Gasteiger partial charge is 0.303 e. The molecule has 1 fully saturated rings. The minimum Gasteiger partial charge on any atom is -0.481 e. The van der Waals surface area contributed by atoms with Crippen LogP contribution in [0.15, 0.2) is 24.3 Å². The van der Waals surface area contributed by atoms with Crippen LogP contribution in [0.25, 0.3) is 0 Å². The van der Waals surface area contributed by atoms with Crippen LogP contribution in [-0.4, -0.2) is 28.4 Å². The zero-order valence-corrected chi connectivity index (χ0v) is 14.1. The fourth-order valence-electron chi connectivity index (χ4n) is 2.91. The molecule has 0 spiro atoms. The Morgan fingerprint density at radius 3 is 2.67 bits per heavy atom. The first-order valence-corrected chi connectivity index (χ1v) is 8.30. The van der Waals surface area contributed by atoms with Crippen molar-refractivity contribution in [1.29, 1.82) is 0 Å². The van der Waals surface area contributed by atoms with Crippen LogP contribution in [0.2, 0.25) is 5.02 Å². The van der Waals surface area contributed by atoms with E-state index in [1.54, 1.807) is 12.1 Å². The van der Waals surface area contributed by atoms with E-state index in [0.29, 0.717) is 37.3 Å². The molecule has 0 aliphatic carbocycles. The van der Waals surface area contributed by atoms with Crippen molar-refractivity contribution in [2.45, 2.75) is 50.6 Å². The van der Waals surface area contributed by atoms with Crippen molar-refractivity contribution in [2.24, 2.45) is 0 Å². The molecule has 1 heterocycles. The molecule has 130 valence electrons. The van der Waals surface area contributed by atoms with Gasteiger partial charge in [-0.3, -0.25) is 14.4 Å². The van der Waals surface area contributed by atoms with E-state index in [2.05, 4.69) is 10.6 Å². The molecule has 1 saturated heterocycles. The van der Waals surface area contributed by atoms with Gasteiger partial charge in [-0.2, -0.15) is 0 Å². The maximum atomic E-state index is 12.0. The number of hydrogen-bond donors (Lipinski definition) is 3. The van der Waals surface area contributed by atoms with Crippen LogP contribution in [0.3, 0.4) is 0 Å². The molecule has 1 aromatic rings. The van der Waals surface area contributed by atoms with Gasteiger partial charge in [-0.25, -0.2) is 0 Å². The summed E-state index contributed by atoms with van der Waals surface area (Å²) in [6.45, 7) is 0.383. The number of nitrogens with one attached hydrogen (secondary N) is 2. The predicted octanol–water partition coefficient (Wildman–Crippen LogP) is 2.25. The number of carboxylic acids is 1. The molecular formula is C17H21ClN2O4. The van der Waals surface area contributed by atoms with Crippen molar-refractivity contribution in [3.05, 3.63) is 34.9 Å². The van der Waals surface area contributed by atoms with Gasteiger partial charge < -0.3 is 15.7 Å². The van der Waals surface area contributed by atoms with Gasteiger partial charge in [0.15, 0.2) is 0 Å². The lowest BCUT2D eigenvalue weighted by atomic mass is 9.86. The molecule has 1 aliphatic rings. The quantitative estimate of drug-likeness (QED) is 0.668. The Morgan fingerprint density at radius 2 is 2.04 bits per heavy atom. The Morgan fingerprint density at radius 1 is 1.29 bits per heavy atom. The zero-order chi connectivity index (χ0) is 17.6. The highest BCUT2D eigenvalue weighted by atomic mass is 35.5.